The van der Waals surface area contributed by atoms with Crippen molar-refractivity contribution in [3.63, 3.8) is 0 Å². The van der Waals surface area contributed by atoms with Gasteiger partial charge in [-0.1, -0.05) is 30.3 Å². The minimum absolute atomic E-state index is 0.0706. The Kier molecular flexibility index (Phi) is 4.26. The fourth-order valence-electron chi connectivity index (χ4n) is 3.22. The van der Waals surface area contributed by atoms with Crippen molar-refractivity contribution in [2.75, 3.05) is 12.3 Å². The number of rotatable bonds is 4. The van der Waals surface area contributed by atoms with Gasteiger partial charge in [0.2, 0.25) is 5.91 Å². The van der Waals surface area contributed by atoms with E-state index in [2.05, 4.69) is 9.97 Å². The van der Waals surface area contributed by atoms with E-state index in [1.165, 1.54) is 0 Å². The van der Waals surface area contributed by atoms with Crippen molar-refractivity contribution in [3.8, 4) is 0 Å². The summed E-state index contributed by atoms with van der Waals surface area (Å²) in [5.74, 6) is 1.57. The number of aromatic nitrogens is 2. The van der Waals surface area contributed by atoms with Gasteiger partial charge >= 0.3 is 0 Å². The Bertz CT molecular complexity index is 813. The van der Waals surface area contributed by atoms with Gasteiger partial charge in [-0.05, 0) is 37.1 Å². The van der Waals surface area contributed by atoms with Crippen LogP contribution in [0.25, 0.3) is 11.0 Å². The van der Waals surface area contributed by atoms with E-state index in [1.807, 2.05) is 59.5 Å². The summed E-state index contributed by atoms with van der Waals surface area (Å²) in [4.78, 5) is 23.9. The van der Waals surface area contributed by atoms with Crippen LogP contribution in [0.3, 0.4) is 0 Å². The molecule has 1 amide bonds. The second kappa shape index (κ2) is 6.69. The molecule has 0 bridgehead atoms. The quantitative estimate of drug-likeness (QED) is 0.732. The van der Waals surface area contributed by atoms with Crippen LogP contribution in [-0.4, -0.2) is 33.1 Å². The minimum atomic E-state index is 0.0706. The lowest BCUT2D eigenvalue weighted by atomic mass is 10.2. The number of aromatic amines is 1. The van der Waals surface area contributed by atoms with Gasteiger partial charge in [0, 0.05) is 11.4 Å². The first kappa shape index (κ1) is 15.3. The first-order chi connectivity index (χ1) is 11.8. The van der Waals surface area contributed by atoms with Gasteiger partial charge in [0.1, 0.15) is 5.82 Å². The van der Waals surface area contributed by atoms with Gasteiger partial charge in [-0.15, -0.1) is 11.8 Å². The van der Waals surface area contributed by atoms with Crippen LogP contribution in [0, 0.1) is 0 Å². The number of thioether (sulfide) groups is 1. The van der Waals surface area contributed by atoms with Gasteiger partial charge in [-0.2, -0.15) is 0 Å². The molecule has 2 aromatic carbocycles. The third-order valence-corrected chi connectivity index (χ3v) is 5.40. The average Bonchev–Trinajstić information content (AvgIpc) is 3.26. The van der Waals surface area contributed by atoms with Crippen LogP contribution in [0.5, 0.6) is 0 Å². The molecule has 1 N–H and O–H groups in total. The normalized spacial score (nSPS) is 17.5. The van der Waals surface area contributed by atoms with Crippen molar-refractivity contribution in [2.24, 2.45) is 0 Å². The number of para-hydroxylation sites is 2. The van der Waals surface area contributed by atoms with Crippen LogP contribution >= 0.6 is 11.8 Å². The zero-order valence-electron chi connectivity index (χ0n) is 13.3. The second-order valence-corrected chi connectivity index (χ2v) is 7.03. The molecule has 1 aliphatic heterocycles. The third kappa shape index (κ3) is 3.04. The number of hydrogen-bond donors (Lipinski definition) is 1. The molecule has 1 fully saturated rings. The van der Waals surface area contributed by atoms with Gasteiger partial charge < -0.3 is 9.88 Å². The van der Waals surface area contributed by atoms with Crippen molar-refractivity contribution < 1.29 is 4.79 Å². The molecular formula is C19H19N3OS. The van der Waals surface area contributed by atoms with Crippen molar-refractivity contribution in [2.45, 2.75) is 23.8 Å². The molecule has 122 valence electrons. The summed E-state index contributed by atoms with van der Waals surface area (Å²) in [7, 11) is 0. The first-order valence-corrected chi connectivity index (χ1v) is 9.22. The summed E-state index contributed by atoms with van der Waals surface area (Å²) in [6.07, 6.45) is 2.00. The smallest absolute Gasteiger partial charge is 0.233 e. The van der Waals surface area contributed by atoms with E-state index in [9.17, 15) is 4.79 Å². The molecule has 2 heterocycles. The molecule has 4 rings (SSSR count). The molecule has 0 spiro atoms. The van der Waals surface area contributed by atoms with Gasteiger partial charge in [0.25, 0.3) is 0 Å². The summed E-state index contributed by atoms with van der Waals surface area (Å²) >= 11 is 1.60. The largest absolute Gasteiger partial charge is 0.340 e. The Morgan fingerprint density at radius 2 is 1.96 bits per heavy atom. The third-order valence-electron chi connectivity index (χ3n) is 4.40. The Morgan fingerprint density at radius 3 is 2.79 bits per heavy atom. The van der Waals surface area contributed by atoms with E-state index in [4.69, 9.17) is 0 Å². The highest BCUT2D eigenvalue weighted by Gasteiger charge is 2.31. The van der Waals surface area contributed by atoms with Gasteiger partial charge in [-0.3, -0.25) is 4.79 Å². The lowest BCUT2D eigenvalue weighted by molar-refractivity contribution is -0.129. The maximum absolute atomic E-state index is 12.7. The summed E-state index contributed by atoms with van der Waals surface area (Å²) in [6, 6.07) is 18.2. The highest BCUT2D eigenvalue weighted by molar-refractivity contribution is 8.00. The number of carbonyl (C=O) groups excluding carboxylic acids is 1. The van der Waals surface area contributed by atoms with Crippen LogP contribution in [-0.2, 0) is 4.79 Å². The molecule has 24 heavy (non-hydrogen) atoms. The summed E-state index contributed by atoms with van der Waals surface area (Å²) in [6.45, 7) is 0.815. The van der Waals surface area contributed by atoms with Gasteiger partial charge in [-0.25, -0.2) is 4.98 Å². The topological polar surface area (TPSA) is 49.0 Å². The molecule has 0 radical (unpaired) electrons. The molecular weight excluding hydrogens is 318 g/mol. The second-order valence-electron chi connectivity index (χ2n) is 5.99. The molecule has 5 heteroatoms. The number of amides is 1. The number of fused-ring (bicyclic) bond motifs is 1. The summed E-state index contributed by atoms with van der Waals surface area (Å²) in [5.41, 5.74) is 2.00. The summed E-state index contributed by atoms with van der Waals surface area (Å²) < 4.78 is 0. The van der Waals surface area contributed by atoms with Crippen molar-refractivity contribution >= 4 is 28.7 Å². The lowest BCUT2D eigenvalue weighted by Gasteiger charge is -2.23. The summed E-state index contributed by atoms with van der Waals surface area (Å²) in [5, 5.41) is 0. The Balaban J connectivity index is 1.48. The van der Waals surface area contributed by atoms with Crippen LogP contribution in [0.1, 0.15) is 24.7 Å². The van der Waals surface area contributed by atoms with E-state index in [0.717, 1.165) is 41.1 Å². The Hall–Kier alpha value is -2.27. The van der Waals surface area contributed by atoms with Gasteiger partial charge in [0.05, 0.1) is 22.8 Å². The first-order valence-electron chi connectivity index (χ1n) is 8.23. The highest BCUT2D eigenvalue weighted by Crippen LogP contribution is 2.32. The van der Waals surface area contributed by atoms with E-state index in [0.29, 0.717) is 5.75 Å². The number of hydrogen-bond acceptors (Lipinski definition) is 3. The molecule has 0 aliphatic carbocycles. The number of imidazole rings is 1. The van der Waals surface area contributed by atoms with Crippen molar-refractivity contribution in [1.82, 2.24) is 14.9 Å². The van der Waals surface area contributed by atoms with Crippen molar-refractivity contribution in [1.29, 1.82) is 0 Å². The molecule has 1 aromatic heterocycles. The molecule has 0 saturated carbocycles. The highest BCUT2D eigenvalue weighted by atomic mass is 32.2. The van der Waals surface area contributed by atoms with Gasteiger partial charge in [0.15, 0.2) is 0 Å². The van der Waals surface area contributed by atoms with E-state index in [1.54, 1.807) is 11.8 Å². The fraction of sp³-hybridized carbons (Fsp3) is 0.263. The standard InChI is InChI=1S/C19H19N3OS/c23-18(13-24-14-7-2-1-3-8-14)22-12-6-11-17(22)19-20-15-9-4-5-10-16(15)21-19/h1-5,7-10,17H,6,11-13H2,(H,20,21). The van der Waals surface area contributed by atoms with E-state index >= 15 is 0 Å². The van der Waals surface area contributed by atoms with Crippen molar-refractivity contribution in [3.05, 3.63) is 60.4 Å². The van der Waals surface area contributed by atoms with Crippen LogP contribution in [0.15, 0.2) is 59.5 Å². The number of benzene rings is 2. The number of likely N-dealkylation sites (tertiary alicyclic amines) is 1. The molecule has 1 aliphatic rings. The maximum Gasteiger partial charge on any atom is 0.233 e. The van der Waals surface area contributed by atoms with Crippen LogP contribution in [0.2, 0.25) is 0 Å². The number of nitrogens with zero attached hydrogens (tertiary/aromatic N) is 2. The molecule has 3 aromatic rings. The molecule has 4 nitrogen and oxygen atoms in total. The minimum Gasteiger partial charge on any atom is -0.340 e. The monoisotopic (exact) mass is 337 g/mol. The lowest BCUT2D eigenvalue weighted by Crippen LogP contribution is -2.32. The van der Waals surface area contributed by atoms with Crippen LogP contribution in [0.4, 0.5) is 0 Å². The Labute approximate surface area is 145 Å². The van der Waals surface area contributed by atoms with Crippen LogP contribution < -0.4 is 0 Å². The fourth-order valence-corrected chi connectivity index (χ4v) is 4.03. The number of nitrogens with one attached hydrogen (secondary N) is 1. The van der Waals surface area contributed by atoms with E-state index in [-0.39, 0.29) is 11.9 Å². The predicted molar refractivity (Wildman–Crippen MR) is 96.9 cm³/mol. The molecule has 1 atom stereocenters. The number of carbonyl (C=O) groups is 1. The molecule has 1 saturated heterocycles. The Morgan fingerprint density at radius 1 is 1.17 bits per heavy atom. The van der Waals surface area contributed by atoms with E-state index < -0.39 is 0 Å². The molecule has 1 unspecified atom stereocenters. The SMILES string of the molecule is O=C(CSc1ccccc1)N1CCCC1c1nc2ccccc2[nH]1. The zero-order valence-corrected chi connectivity index (χ0v) is 14.1. The maximum atomic E-state index is 12.7. The zero-order chi connectivity index (χ0) is 16.4. The predicted octanol–water partition coefficient (Wildman–Crippen LogP) is 4.02. The number of H-pyrrole nitrogens is 1. The average molecular weight is 337 g/mol.